The van der Waals surface area contributed by atoms with E-state index >= 15 is 0 Å². The van der Waals surface area contributed by atoms with Gasteiger partial charge < -0.3 is 13.6 Å². The number of rotatable bonds is 4. The van der Waals surface area contributed by atoms with E-state index in [4.69, 9.17) is 25.8 Å². The van der Waals surface area contributed by atoms with Gasteiger partial charge in [-0.1, -0.05) is 0 Å². The summed E-state index contributed by atoms with van der Waals surface area (Å²) in [5.74, 6) is 0. The Hall–Kier alpha value is 0.624. The van der Waals surface area contributed by atoms with E-state index in [0.29, 0.717) is 11.1 Å². The summed E-state index contributed by atoms with van der Waals surface area (Å²) in [6.45, 7) is 0. The summed E-state index contributed by atoms with van der Waals surface area (Å²) in [7, 11) is 3.27. The van der Waals surface area contributed by atoms with Gasteiger partial charge in [-0.3, -0.25) is 0 Å². The van der Waals surface area contributed by atoms with Gasteiger partial charge in [0.2, 0.25) is 0 Å². The van der Waals surface area contributed by atoms with E-state index in [9.17, 15) is 0 Å². The van der Waals surface area contributed by atoms with Crippen molar-refractivity contribution in [3.8, 4) is 0 Å². The van der Waals surface area contributed by atoms with Crippen molar-refractivity contribution >= 4 is 45.4 Å². The van der Waals surface area contributed by atoms with Crippen molar-refractivity contribution in [2.24, 2.45) is 0 Å². The van der Waals surface area contributed by atoms with Crippen LogP contribution in [-0.2, 0) is 13.6 Å². The third-order valence-corrected chi connectivity index (χ3v) is 3.47. The molecule has 0 amide bonds. The smallest absolute Gasteiger partial charge is 0.329 e. The van der Waals surface area contributed by atoms with E-state index in [1.165, 1.54) is 0 Å². The van der Waals surface area contributed by atoms with Crippen LogP contribution in [0.4, 0.5) is 0 Å². The molecule has 3 nitrogen and oxygen atoms in total. The van der Waals surface area contributed by atoms with Crippen molar-refractivity contribution in [1.29, 1.82) is 0 Å². The fraction of sp³-hybridized carbons (Fsp3) is 0.800. The second-order valence-electron chi connectivity index (χ2n) is 1.68. The molecule has 0 aromatic carbocycles. The Balaban J connectivity index is 0. The van der Waals surface area contributed by atoms with Gasteiger partial charge in [0, 0.05) is 33.1 Å². The molecule has 0 aliphatic carbocycles. The summed E-state index contributed by atoms with van der Waals surface area (Å²) in [6, 6.07) is 0.638. The van der Waals surface area contributed by atoms with Crippen molar-refractivity contribution in [3.63, 3.8) is 0 Å². The third-order valence-electron chi connectivity index (χ3n) is 1.09. The zero-order valence-corrected chi connectivity index (χ0v) is 9.39. The van der Waals surface area contributed by atoms with Crippen LogP contribution in [0.3, 0.4) is 0 Å². The maximum Gasteiger partial charge on any atom is 0.329 e. The van der Waals surface area contributed by atoms with Crippen LogP contribution in [0.5, 0.6) is 0 Å². The summed E-state index contributed by atoms with van der Waals surface area (Å²) >= 11 is 4.82. The largest absolute Gasteiger partial charge is 0.490 e. The fourth-order valence-corrected chi connectivity index (χ4v) is 1.86. The first-order valence-corrected chi connectivity index (χ1v) is 5.03. The Labute approximate surface area is 86.4 Å². The van der Waals surface area contributed by atoms with Gasteiger partial charge in [-0.25, -0.2) is 0 Å². The number of hydrogen-bond donors (Lipinski definition) is 0. The topological polar surface area (TPSA) is 27.7 Å². The standard InChI is InChI=1S/C5H12O3SSi.Li/c1-6-5(9)4-10(7-2)8-3;/h10H,4H2,1-3H3;. The maximum absolute atomic E-state index is 5.02. The van der Waals surface area contributed by atoms with Gasteiger partial charge in [-0.15, -0.1) is 0 Å². The second-order valence-corrected chi connectivity index (χ2v) is 4.35. The first-order valence-electron chi connectivity index (χ1n) is 2.87. The van der Waals surface area contributed by atoms with E-state index in [0.717, 1.165) is 0 Å². The Morgan fingerprint density at radius 2 is 1.73 bits per heavy atom. The molecule has 0 aliphatic rings. The minimum absolute atomic E-state index is 0. The van der Waals surface area contributed by atoms with Gasteiger partial charge in [-0.05, 0) is 12.2 Å². The van der Waals surface area contributed by atoms with Gasteiger partial charge in [0.15, 0.2) is 5.05 Å². The molecule has 0 atom stereocenters. The zero-order valence-electron chi connectivity index (χ0n) is 7.42. The molecule has 0 heterocycles. The van der Waals surface area contributed by atoms with Crippen LogP contribution in [0.1, 0.15) is 0 Å². The number of thiocarbonyl (C=S) groups is 1. The molecule has 6 heteroatoms. The molecule has 0 aliphatic heterocycles. The monoisotopic (exact) mass is 187 g/mol. The van der Waals surface area contributed by atoms with Crippen molar-refractivity contribution in [2.75, 3.05) is 21.3 Å². The first-order chi connectivity index (χ1) is 4.74. The summed E-state index contributed by atoms with van der Waals surface area (Å²) < 4.78 is 14.8. The molecule has 0 aromatic heterocycles. The van der Waals surface area contributed by atoms with Crippen molar-refractivity contribution in [2.45, 2.75) is 6.04 Å². The van der Waals surface area contributed by atoms with Gasteiger partial charge in [0.05, 0.1) is 13.2 Å². The van der Waals surface area contributed by atoms with Crippen LogP contribution in [-0.4, -0.2) is 54.5 Å². The molecule has 0 saturated heterocycles. The Kier molecular flexibility index (Phi) is 11.2. The Morgan fingerprint density at radius 3 is 2.00 bits per heavy atom. The van der Waals surface area contributed by atoms with Crippen LogP contribution in [0, 0.1) is 0 Å². The van der Waals surface area contributed by atoms with Crippen LogP contribution in [0.2, 0.25) is 6.04 Å². The summed E-state index contributed by atoms with van der Waals surface area (Å²) in [6.07, 6.45) is 0. The number of methoxy groups -OCH3 is 1. The SMILES string of the molecule is COC(=S)C[SiH](OC)OC.[Li]. The van der Waals surface area contributed by atoms with Gasteiger partial charge in [0.1, 0.15) is 0 Å². The van der Waals surface area contributed by atoms with Gasteiger partial charge >= 0.3 is 9.28 Å². The molecular weight excluding hydrogens is 175 g/mol. The average Bonchev–Trinajstić information content (AvgIpc) is 1.99. The van der Waals surface area contributed by atoms with Crippen molar-refractivity contribution < 1.29 is 13.6 Å². The minimum atomic E-state index is -1.53. The quantitative estimate of drug-likeness (QED) is 0.460. The molecule has 0 bridgehead atoms. The molecule has 0 unspecified atom stereocenters. The number of hydrogen-bond acceptors (Lipinski definition) is 4. The molecule has 0 rings (SSSR count). The molecule has 1 radical (unpaired) electrons. The molecule has 0 saturated carbocycles. The summed E-state index contributed by atoms with van der Waals surface area (Å²) in [5.41, 5.74) is 0. The van der Waals surface area contributed by atoms with Crippen molar-refractivity contribution in [3.05, 3.63) is 0 Å². The normalized spacial score (nSPS) is 9.09. The fourth-order valence-electron chi connectivity index (χ4n) is 0.482. The average molecular weight is 187 g/mol. The van der Waals surface area contributed by atoms with Crippen LogP contribution < -0.4 is 0 Å². The Morgan fingerprint density at radius 1 is 1.27 bits per heavy atom. The van der Waals surface area contributed by atoms with E-state index in [1.807, 2.05) is 0 Å². The van der Waals surface area contributed by atoms with E-state index in [2.05, 4.69) is 0 Å². The van der Waals surface area contributed by atoms with Crippen LogP contribution in [0.15, 0.2) is 0 Å². The van der Waals surface area contributed by atoms with Gasteiger partial charge in [-0.2, -0.15) is 0 Å². The van der Waals surface area contributed by atoms with Gasteiger partial charge in [0.25, 0.3) is 0 Å². The predicted molar refractivity (Wildman–Crippen MR) is 51.3 cm³/mol. The number of ether oxygens (including phenoxy) is 1. The van der Waals surface area contributed by atoms with E-state index in [-0.39, 0.29) is 18.9 Å². The Bertz CT molecular complexity index is 110. The molecule has 61 valence electrons. The summed E-state index contributed by atoms with van der Waals surface area (Å²) in [5, 5.41) is 0.556. The molecule has 11 heavy (non-hydrogen) atoms. The zero-order chi connectivity index (χ0) is 7.98. The maximum atomic E-state index is 5.02. The molecule has 0 spiro atoms. The van der Waals surface area contributed by atoms with E-state index in [1.54, 1.807) is 21.3 Å². The van der Waals surface area contributed by atoms with Crippen LogP contribution >= 0.6 is 12.2 Å². The first kappa shape index (κ1) is 14.2. The van der Waals surface area contributed by atoms with Crippen molar-refractivity contribution in [1.82, 2.24) is 0 Å². The molecule has 0 fully saturated rings. The third kappa shape index (κ3) is 7.00. The molecule has 0 N–H and O–H groups in total. The van der Waals surface area contributed by atoms with E-state index < -0.39 is 9.28 Å². The molecular formula is C5H12LiO3SSi. The summed E-state index contributed by atoms with van der Waals surface area (Å²) in [4.78, 5) is 0. The minimum Gasteiger partial charge on any atom is -0.490 e. The molecule has 0 aromatic rings. The predicted octanol–water partition coefficient (Wildman–Crippen LogP) is 0.0927. The van der Waals surface area contributed by atoms with Crippen LogP contribution in [0.25, 0.3) is 0 Å². The second kappa shape index (κ2) is 8.72.